The summed E-state index contributed by atoms with van der Waals surface area (Å²) in [5, 5.41) is 18.7. The number of halogens is 1. The van der Waals surface area contributed by atoms with Crippen molar-refractivity contribution in [3.8, 4) is 0 Å². The number of carbonyl (C=O) groups is 1. The number of aromatic carboxylic acids is 1. The average Bonchev–Trinajstić information content (AvgIpc) is 2.69. The Morgan fingerprint density at radius 1 is 1.29 bits per heavy atom. The van der Waals surface area contributed by atoms with Gasteiger partial charge in [-0.1, -0.05) is 18.0 Å². The second kappa shape index (κ2) is 6.07. The molecule has 110 valence electrons. The first-order valence-electron chi connectivity index (χ1n) is 6.78. The molecule has 0 bridgehead atoms. The summed E-state index contributed by atoms with van der Waals surface area (Å²) in [6.45, 7) is 0.926. The van der Waals surface area contributed by atoms with E-state index in [0.29, 0.717) is 5.02 Å². The zero-order valence-corrected chi connectivity index (χ0v) is 12.8. The van der Waals surface area contributed by atoms with Gasteiger partial charge in [0, 0.05) is 17.9 Å². The van der Waals surface area contributed by atoms with E-state index in [1.165, 1.54) is 24.2 Å². The van der Waals surface area contributed by atoms with E-state index in [0.717, 1.165) is 41.7 Å². The molecule has 0 amide bonds. The number of hydrogen-bond acceptors (Lipinski definition) is 4. The van der Waals surface area contributed by atoms with Crippen molar-refractivity contribution < 1.29 is 9.90 Å². The number of aromatic nitrogens is 3. The lowest BCUT2D eigenvalue weighted by molar-refractivity contribution is 0.0697. The van der Waals surface area contributed by atoms with Crippen LogP contribution >= 0.6 is 23.4 Å². The van der Waals surface area contributed by atoms with Crippen LogP contribution in [0.2, 0.25) is 5.02 Å². The summed E-state index contributed by atoms with van der Waals surface area (Å²) in [7, 11) is 0. The Kier molecular flexibility index (Phi) is 4.17. The van der Waals surface area contributed by atoms with Crippen molar-refractivity contribution in [2.45, 2.75) is 42.3 Å². The second-order valence-corrected chi connectivity index (χ2v) is 6.33. The van der Waals surface area contributed by atoms with E-state index in [-0.39, 0.29) is 5.56 Å². The highest BCUT2D eigenvalue weighted by Gasteiger charge is 2.17. The number of carboxylic acids is 1. The first kappa shape index (κ1) is 14.4. The number of aryl methyl sites for hydroxylation is 1. The Morgan fingerprint density at radius 3 is 2.90 bits per heavy atom. The maximum atomic E-state index is 10.9. The van der Waals surface area contributed by atoms with Crippen molar-refractivity contribution in [1.82, 2.24) is 14.8 Å². The molecule has 2 heterocycles. The van der Waals surface area contributed by atoms with Gasteiger partial charge in [0.25, 0.3) is 0 Å². The van der Waals surface area contributed by atoms with E-state index >= 15 is 0 Å². The standard InChI is InChI=1S/C14H14ClN3O2S/c15-10-8-9(13(19)20)5-6-11(10)21-14-17-16-12-4-2-1-3-7-18(12)14/h5-6,8H,1-4,7H2,(H,19,20). The highest BCUT2D eigenvalue weighted by Crippen LogP contribution is 2.34. The molecule has 1 aliphatic rings. The van der Waals surface area contributed by atoms with E-state index in [1.807, 2.05) is 0 Å². The Bertz CT molecular complexity index is 687. The minimum Gasteiger partial charge on any atom is -0.478 e. The molecule has 0 saturated carbocycles. The van der Waals surface area contributed by atoms with Gasteiger partial charge < -0.3 is 9.67 Å². The van der Waals surface area contributed by atoms with Gasteiger partial charge in [-0.15, -0.1) is 10.2 Å². The molecule has 0 fully saturated rings. The van der Waals surface area contributed by atoms with E-state index in [9.17, 15) is 4.79 Å². The van der Waals surface area contributed by atoms with Gasteiger partial charge in [0.15, 0.2) is 5.16 Å². The third-order valence-corrected chi connectivity index (χ3v) is 4.94. The summed E-state index contributed by atoms with van der Waals surface area (Å²) in [6, 6.07) is 4.73. The fraction of sp³-hybridized carbons (Fsp3) is 0.357. The van der Waals surface area contributed by atoms with Gasteiger partial charge >= 0.3 is 5.97 Å². The molecule has 1 aromatic carbocycles. The Balaban J connectivity index is 1.87. The number of rotatable bonds is 3. The van der Waals surface area contributed by atoms with Crippen LogP contribution in [-0.2, 0) is 13.0 Å². The maximum Gasteiger partial charge on any atom is 0.335 e. The lowest BCUT2D eigenvalue weighted by Gasteiger charge is -2.07. The zero-order chi connectivity index (χ0) is 14.8. The highest BCUT2D eigenvalue weighted by molar-refractivity contribution is 7.99. The predicted octanol–water partition coefficient (Wildman–Crippen LogP) is 3.51. The third-order valence-electron chi connectivity index (χ3n) is 3.46. The normalized spacial score (nSPS) is 14.5. The molecule has 0 atom stereocenters. The van der Waals surface area contributed by atoms with Gasteiger partial charge in [-0.2, -0.15) is 0 Å². The molecule has 0 unspecified atom stereocenters. The highest BCUT2D eigenvalue weighted by atomic mass is 35.5. The summed E-state index contributed by atoms with van der Waals surface area (Å²) in [4.78, 5) is 11.7. The van der Waals surface area contributed by atoms with Crippen LogP contribution in [-0.4, -0.2) is 25.8 Å². The molecule has 21 heavy (non-hydrogen) atoms. The van der Waals surface area contributed by atoms with Gasteiger partial charge in [0.2, 0.25) is 0 Å². The Labute approximate surface area is 131 Å². The van der Waals surface area contributed by atoms with Crippen molar-refractivity contribution in [2.24, 2.45) is 0 Å². The fourth-order valence-corrected chi connectivity index (χ4v) is 3.52. The molecule has 2 aromatic rings. The van der Waals surface area contributed by atoms with Crippen LogP contribution in [0.4, 0.5) is 0 Å². The number of benzene rings is 1. The first-order valence-corrected chi connectivity index (χ1v) is 7.97. The fourth-order valence-electron chi connectivity index (χ4n) is 2.35. The molecule has 5 nitrogen and oxygen atoms in total. The zero-order valence-electron chi connectivity index (χ0n) is 11.3. The Morgan fingerprint density at radius 2 is 2.14 bits per heavy atom. The van der Waals surface area contributed by atoms with E-state index < -0.39 is 5.97 Å². The summed E-state index contributed by atoms with van der Waals surface area (Å²) >= 11 is 7.59. The molecule has 0 saturated heterocycles. The van der Waals surface area contributed by atoms with Crippen molar-refractivity contribution in [3.63, 3.8) is 0 Å². The maximum absolute atomic E-state index is 10.9. The minimum absolute atomic E-state index is 0.185. The quantitative estimate of drug-likeness (QED) is 0.936. The summed E-state index contributed by atoms with van der Waals surface area (Å²) in [5.74, 6) is 0.0399. The first-order chi connectivity index (χ1) is 10.1. The number of carboxylic acid groups (broad SMARTS) is 1. The smallest absolute Gasteiger partial charge is 0.335 e. The van der Waals surface area contributed by atoms with Crippen LogP contribution in [0.25, 0.3) is 0 Å². The molecular formula is C14H14ClN3O2S. The SMILES string of the molecule is O=C(O)c1ccc(Sc2nnc3n2CCCCC3)c(Cl)c1. The molecule has 0 radical (unpaired) electrons. The lowest BCUT2D eigenvalue weighted by atomic mass is 10.2. The average molecular weight is 324 g/mol. The molecule has 1 aromatic heterocycles. The summed E-state index contributed by atoms with van der Waals surface area (Å²) < 4.78 is 2.14. The van der Waals surface area contributed by atoms with Gasteiger partial charge in [0.05, 0.1) is 10.6 Å². The molecule has 0 spiro atoms. The lowest BCUT2D eigenvalue weighted by Crippen LogP contribution is -2.02. The molecule has 3 rings (SSSR count). The van der Waals surface area contributed by atoms with Crippen LogP contribution in [0.1, 0.15) is 35.4 Å². The van der Waals surface area contributed by atoms with Crippen LogP contribution in [0, 0.1) is 0 Å². The summed E-state index contributed by atoms with van der Waals surface area (Å²) in [5.41, 5.74) is 0.185. The molecule has 1 aliphatic heterocycles. The molecule has 1 N–H and O–H groups in total. The van der Waals surface area contributed by atoms with Gasteiger partial charge in [-0.05, 0) is 42.8 Å². The van der Waals surface area contributed by atoms with Gasteiger partial charge in [0.1, 0.15) is 5.82 Å². The Hall–Kier alpha value is -1.53. The number of hydrogen-bond donors (Lipinski definition) is 1. The van der Waals surface area contributed by atoms with E-state index in [4.69, 9.17) is 16.7 Å². The van der Waals surface area contributed by atoms with Gasteiger partial charge in [-0.3, -0.25) is 0 Å². The van der Waals surface area contributed by atoms with Crippen molar-refractivity contribution in [2.75, 3.05) is 0 Å². The predicted molar refractivity (Wildman–Crippen MR) is 80.1 cm³/mol. The second-order valence-electron chi connectivity index (χ2n) is 4.91. The topological polar surface area (TPSA) is 68.0 Å². The molecular weight excluding hydrogens is 310 g/mol. The minimum atomic E-state index is -0.982. The van der Waals surface area contributed by atoms with Crippen LogP contribution in [0.3, 0.4) is 0 Å². The van der Waals surface area contributed by atoms with Crippen molar-refractivity contribution in [1.29, 1.82) is 0 Å². The van der Waals surface area contributed by atoms with Gasteiger partial charge in [-0.25, -0.2) is 4.79 Å². The van der Waals surface area contributed by atoms with Crippen molar-refractivity contribution >= 4 is 29.3 Å². The molecule has 0 aliphatic carbocycles. The molecule has 7 heteroatoms. The van der Waals surface area contributed by atoms with E-state index in [2.05, 4.69) is 14.8 Å². The van der Waals surface area contributed by atoms with E-state index in [1.54, 1.807) is 12.1 Å². The van der Waals surface area contributed by atoms with Crippen LogP contribution in [0.15, 0.2) is 28.3 Å². The van der Waals surface area contributed by atoms with Crippen LogP contribution in [0.5, 0.6) is 0 Å². The number of nitrogens with zero attached hydrogens (tertiary/aromatic N) is 3. The number of fused-ring (bicyclic) bond motifs is 1. The largest absolute Gasteiger partial charge is 0.478 e. The van der Waals surface area contributed by atoms with Crippen LogP contribution < -0.4 is 0 Å². The van der Waals surface area contributed by atoms with Crippen molar-refractivity contribution in [3.05, 3.63) is 34.6 Å². The third kappa shape index (κ3) is 3.06. The monoisotopic (exact) mass is 323 g/mol. The summed E-state index contributed by atoms with van der Waals surface area (Å²) in [6.07, 6.45) is 4.45.